The molecule has 66 heavy (non-hydrogen) atoms. The van der Waals surface area contributed by atoms with Gasteiger partial charge in [0.05, 0.1) is 40.3 Å². The topological polar surface area (TPSA) is 102 Å². The molecule has 2 atom stereocenters. The van der Waals surface area contributed by atoms with Crippen LogP contribution in [0.3, 0.4) is 0 Å². The second-order valence-electron chi connectivity index (χ2n) is 18.4. The third-order valence-electron chi connectivity index (χ3n) is 11.2. The fourth-order valence-corrected chi connectivity index (χ4v) is 7.17. The summed E-state index contributed by atoms with van der Waals surface area (Å²) in [5.41, 5.74) is 0. The Morgan fingerprint density at radius 3 is 1.30 bits per heavy atom. The van der Waals surface area contributed by atoms with Crippen LogP contribution in [0.15, 0.2) is 97.2 Å². The Labute approximate surface area is 405 Å². The maximum Gasteiger partial charge on any atom is 0.306 e. The van der Waals surface area contributed by atoms with Crippen molar-refractivity contribution in [2.24, 2.45) is 0 Å². The molecule has 0 radical (unpaired) electrons. The van der Waals surface area contributed by atoms with Gasteiger partial charge in [0, 0.05) is 19.3 Å². The molecule has 376 valence electrons. The predicted octanol–water partition coefficient (Wildman–Crippen LogP) is 14.1. The van der Waals surface area contributed by atoms with Gasteiger partial charge in [-0.25, -0.2) is 0 Å². The summed E-state index contributed by atoms with van der Waals surface area (Å²) < 4.78 is 17.2. The minimum Gasteiger partial charge on any atom is -0.544 e. The molecule has 8 nitrogen and oxygen atoms in total. The molecule has 0 saturated heterocycles. The zero-order valence-electron chi connectivity index (χ0n) is 42.8. The Kier molecular flexibility index (Phi) is 45.0. The van der Waals surface area contributed by atoms with E-state index in [1.165, 1.54) is 83.5 Å². The molecule has 0 aliphatic heterocycles. The van der Waals surface area contributed by atoms with Crippen molar-refractivity contribution in [3.05, 3.63) is 97.2 Å². The highest BCUT2D eigenvalue weighted by Gasteiger charge is 2.25. The lowest BCUT2D eigenvalue weighted by atomic mass is 10.1. The van der Waals surface area contributed by atoms with E-state index in [0.29, 0.717) is 12.8 Å². The van der Waals surface area contributed by atoms with Crippen molar-refractivity contribution < 1.29 is 38.2 Å². The molecular formula is C58H97NO7. The zero-order chi connectivity index (χ0) is 48.4. The van der Waals surface area contributed by atoms with Crippen LogP contribution in [0.5, 0.6) is 0 Å². The van der Waals surface area contributed by atoms with E-state index in [4.69, 9.17) is 14.2 Å². The van der Waals surface area contributed by atoms with E-state index in [9.17, 15) is 19.5 Å². The molecule has 0 fully saturated rings. The van der Waals surface area contributed by atoms with Crippen LogP contribution in [0.4, 0.5) is 0 Å². The number of likely N-dealkylation sites (N-methyl/N-ethyl adjacent to an activating group) is 1. The van der Waals surface area contributed by atoms with Gasteiger partial charge in [-0.2, -0.15) is 0 Å². The Hall–Kier alpha value is -3.75. The first-order valence-corrected chi connectivity index (χ1v) is 26.3. The number of esters is 2. The maximum atomic E-state index is 12.8. The third-order valence-corrected chi connectivity index (χ3v) is 11.2. The molecule has 0 N–H and O–H groups in total. The van der Waals surface area contributed by atoms with Gasteiger partial charge >= 0.3 is 11.9 Å². The fraction of sp³-hybridized carbons (Fsp3) is 0.672. The van der Waals surface area contributed by atoms with E-state index in [-0.39, 0.29) is 49.1 Å². The van der Waals surface area contributed by atoms with Crippen LogP contribution in [0.1, 0.15) is 200 Å². The average molecular weight is 920 g/mol. The number of allylic oxidation sites excluding steroid dienone is 16. The summed E-state index contributed by atoms with van der Waals surface area (Å²) in [6.07, 6.45) is 64.5. The van der Waals surface area contributed by atoms with Crippen LogP contribution < -0.4 is 5.11 Å². The first kappa shape index (κ1) is 62.2. The van der Waals surface area contributed by atoms with Gasteiger partial charge in [0.25, 0.3) is 0 Å². The molecule has 2 unspecified atom stereocenters. The van der Waals surface area contributed by atoms with Crippen LogP contribution in [-0.4, -0.2) is 75.5 Å². The van der Waals surface area contributed by atoms with Crippen molar-refractivity contribution in [3.63, 3.8) is 0 Å². The number of carbonyl (C=O) groups excluding carboxylic acids is 3. The number of aliphatic carboxylic acids is 1. The van der Waals surface area contributed by atoms with Gasteiger partial charge in [-0.15, -0.1) is 0 Å². The molecule has 0 aliphatic carbocycles. The molecule has 0 rings (SSSR count). The number of carbonyl (C=O) groups is 3. The molecule has 0 aromatic rings. The van der Waals surface area contributed by atoms with E-state index in [2.05, 4.69) is 111 Å². The summed E-state index contributed by atoms with van der Waals surface area (Å²) in [5.74, 6) is -1.83. The Balaban J connectivity index is 4.36. The van der Waals surface area contributed by atoms with Crippen LogP contribution in [0.2, 0.25) is 0 Å². The number of hydrogen-bond acceptors (Lipinski definition) is 7. The number of carboxylic acids is 1. The molecule has 0 aliphatic rings. The maximum absolute atomic E-state index is 12.8. The second-order valence-corrected chi connectivity index (χ2v) is 18.4. The summed E-state index contributed by atoms with van der Waals surface area (Å²) in [5, 5.41) is 11.7. The van der Waals surface area contributed by atoms with Crippen molar-refractivity contribution in [1.29, 1.82) is 0 Å². The van der Waals surface area contributed by atoms with Crippen molar-refractivity contribution in [2.45, 2.75) is 212 Å². The minimum absolute atomic E-state index is 0.00925. The predicted molar refractivity (Wildman–Crippen MR) is 277 cm³/mol. The van der Waals surface area contributed by atoms with Crippen LogP contribution in [0.25, 0.3) is 0 Å². The van der Waals surface area contributed by atoms with Crippen molar-refractivity contribution in [3.8, 4) is 0 Å². The highest BCUT2D eigenvalue weighted by molar-refractivity contribution is 5.70. The summed E-state index contributed by atoms with van der Waals surface area (Å²) in [7, 11) is 5.38. The highest BCUT2D eigenvalue weighted by Crippen LogP contribution is 2.13. The van der Waals surface area contributed by atoms with Gasteiger partial charge in [-0.05, 0) is 89.9 Å². The molecule has 0 aromatic heterocycles. The van der Waals surface area contributed by atoms with Crippen molar-refractivity contribution in [1.82, 2.24) is 0 Å². The Morgan fingerprint density at radius 2 is 0.864 bits per heavy atom. The quantitative estimate of drug-likeness (QED) is 0.0259. The van der Waals surface area contributed by atoms with Gasteiger partial charge in [-0.3, -0.25) is 9.59 Å². The Morgan fingerprint density at radius 1 is 0.470 bits per heavy atom. The summed E-state index contributed by atoms with van der Waals surface area (Å²) in [4.78, 5) is 37.0. The minimum atomic E-state index is -1.14. The van der Waals surface area contributed by atoms with Gasteiger partial charge in [0.2, 0.25) is 0 Å². The van der Waals surface area contributed by atoms with Crippen LogP contribution >= 0.6 is 0 Å². The molecule has 0 spiro atoms. The number of nitrogens with zero attached hydrogens (tertiary/aromatic N) is 1. The number of quaternary nitrogens is 1. The summed E-state index contributed by atoms with van der Waals surface area (Å²) >= 11 is 0. The molecule has 0 aromatic carbocycles. The van der Waals surface area contributed by atoms with Gasteiger partial charge < -0.3 is 28.6 Å². The largest absolute Gasteiger partial charge is 0.544 e. The first-order chi connectivity index (χ1) is 32.1. The SMILES string of the molecule is CC/C=C/C/C=C/C/C=C/C/C=C/C/C=C/C/C=C/CCCC(=O)OC(COCCC(C(=O)[O-])[N+](C)(C)C)COC(=O)CCCCCCCCC/C=C/C/C=C/CCCCCCCCCC. The van der Waals surface area contributed by atoms with Gasteiger partial charge in [0.1, 0.15) is 12.6 Å². The van der Waals surface area contributed by atoms with Crippen LogP contribution in [0, 0.1) is 0 Å². The molecule has 0 saturated carbocycles. The summed E-state index contributed by atoms with van der Waals surface area (Å²) in [6.45, 7) is 4.48. The molecule has 0 heterocycles. The molecule has 0 amide bonds. The molecular weight excluding hydrogens is 823 g/mol. The standard InChI is InChI=1S/C58H97NO7/c1-6-8-10-12-14-16-18-20-22-24-26-28-29-31-32-34-36-38-40-42-44-46-48-56(60)65-53-54(52-64-51-50-55(58(62)63)59(3,4)5)66-57(61)49-47-45-43-41-39-37-35-33-30-27-25-23-21-19-17-15-13-11-9-7-2/h9,11,15,17,21,23-24,26-27,29-31,35,37,41,43,54-55H,6-8,10,12-14,16,18-20,22,25,28,32-34,36,38-40,42,44-53H2,1-5H3/b11-9+,17-15+,23-21+,26-24+,30-27+,31-29+,37-35+,43-41+. The Bertz CT molecular complexity index is 1400. The zero-order valence-corrected chi connectivity index (χ0v) is 42.8. The van der Waals surface area contributed by atoms with E-state index in [0.717, 1.165) is 77.0 Å². The molecule has 0 bridgehead atoms. The van der Waals surface area contributed by atoms with E-state index in [1.807, 2.05) is 0 Å². The second kappa shape index (κ2) is 47.7. The smallest absolute Gasteiger partial charge is 0.306 e. The normalized spacial score (nSPS) is 13.7. The monoisotopic (exact) mass is 920 g/mol. The van der Waals surface area contributed by atoms with Crippen molar-refractivity contribution >= 4 is 17.9 Å². The van der Waals surface area contributed by atoms with E-state index < -0.39 is 18.1 Å². The van der Waals surface area contributed by atoms with Crippen LogP contribution in [-0.2, 0) is 28.6 Å². The first-order valence-electron chi connectivity index (χ1n) is 26.3. The lowest BCUT2D eigenvalue weighted by Gasteiger charge is -2.34. The van der Waals surface area contributed by atoms with E-state index >= 15 is 0 Å². The lowest BCUT2D eigenvalue weighted by Crippen LogP contribution is -2.55. The average Bonchev–Trinajstić information content (AvgIpc) is 3.28. The van der Waals surface area contributed by atoms with Gasteiger partial charge in [0.15, 0.2) is 6.10 Å². The highest BCUT2D eigenvalue weighted by atomic mass is 16.6. The number of rotatable bonds is 46. The lowest BCUT2D eigenvalue weighted by molar-refractivity contribution is -0.889. The number of ether oxygens (including phenoxy) is 3. The van der Waals surface area contributed by atoms with E-state index in [1.54, 1.807) is 21.1 Å². The number of carboxylic acid groups (broad SMARTS) is 1. The number of hydrogen-bond donors (Lipinski definition) is 0. The third kappa shape index (κ3) is 45.4. The fourth-order valence-electron chi connectivity index (χ4n) is 7.17. The number of unbranched alkanes of at least 4 members (excludes halogenated alkanes) is 16. The van der Waals surface area contributed by atoms with Gasteiger partial charge in [-0.1, -0.05) is 188 Å². The summed E-state index contributed by atoms with van der Waals surface area (Å²) in [6, 6.07) is -0.744. The van der Waals surface area contributed by atoms with Crippen molar-refractivity contribution in [2.75, 3.05) is 41.0 Å². The molecule has 8 heteroatoms.